The molecular formula is C15H14F3O4-. The quantitative estimate of drug-likeness (QED) is 0.776. The number of hydrogen-bond donors (Lipinski definition) is 0. The summed E-state index contributed by atoms with van der Waals surface area (Å²) in [4.78, 5) is 11.4. The molecule has 120 valence electrons. The van der Waals surface area contributed by atoms with Crippen LogP contribution >= 0.6 is 0 Å². The highest BCUT2D eigenvalue weighted by molar-refractivity contribution is 5.69. The number of benzene rings is 1. The van der Waals surface area contributed by atoms with Crippen LogP contribution in [0.2, 0.25) is 0 Å². The summed E-state index contributed by atoms with van der Waals surface area (Å²) in [6.45, 7) is 0.730. The van der Waals surface area contributed by atoms with Crippen LogP contribution in [-0.2, 0) is 14.3 Å². The third kappa shape index (κ3) is 2.59. The van der Waals surface area contributed by atoms with Crippen molar-refractivity contribution < 1.29 is 32.5 Å². The van der Waals surface area contributed by atoms with Gasteiger partial charge in [-0.25, -0.2) is 13.2 Å². The number of aliphatic carboxylic acids is 1. The molecule has 1 aliphatic carbocycles. The second-order valence-corrected chi connectivity index (χ2v) is 5.67. The molecule has 2 atom stereocenters. The van der Waals surface area contributed by atoms with Gasteiger partial charge in [0.05, 0.1) is 13.2 Å². The monoisotopic (exact) mass is 315 g/mol. The average molecular weight is 315 g/mol. The molecule has 2 fully saturated rings. The van der Waals surface area contributed by atoms with E-state index in [0.717, 1.165) is 6.07 Å². The molecule has 1 saturated heterocycles. The van der Waals surface area contributed by atoms with Gasteiger partial charge in [0, 0.05) is 30.8 Å². The molecule has 4 nitrogen and oxygen atoms in total. The Morgan fingerprint density at radius 1 is 1.14 bits per heavy atom. The van der Waals surface area contributed by atoms with E-state index in [0.29, 0.717) is 25.7 Å². The molecule has 1 heterocycles. The molecule has 0 unspecified atom stereocenters. The third-order valence-corrected chi connectivity index (χ3v) is 4.41. The molecule has 1 aromatic carbocycles. The van der Waals surface area contributed by atoms with Crippen LogP contribution in [0.25, 0.3) is 0 Å². The van der Waals surface area contributed by atoms with E-state index in [-0.39, 0.29) is 18.4 Å². The Kier molecular flexibility index (Phi) is 3.86. The van der Waals surface area contributed by atoms with Gasteiger partial charge in [0.25, 0.3) is 0 Å². The van der Waals surface area contributed by atoms with Crippen LogP contribution in [-0.4, -0.2) is 25.0 Å². The number of halogens is 3. The lowest BCUT2D eigenvalue weighted by Crippen LogP contribution is -2.46. The first-order chi connectivity index (χ1) is 10.4. The van der Waals surface area contributed by atoms with Gasteiger partial charge in [0.15, 0.2) is 17.4 Å². The Labute approximate surface area is 124 Å². The highest BCUT2D eigenvalue weighted by atomic mass is 19.2. The smallest absolute Gasteiger partial charge is 0.169 e. The normalized spacial score (nSPS) is 27.2. The lowest BCUT2D eigenvalue weighted by Gasteiger charge is -2.41. The molecule has 3 rings (SSSR count). The zero-order chi connectivity index (χ0) is 15.9. The largest absolute Gasteiger partial charge is 0.550 e. The molecule has 22 heavy (non-hydrogen) atoms. The second kappa shape index (κ2) is 5.55. The molecule has 0 aromatic heterocycles. The first-order valence-electron chi connectivity index (χ1n) is 7.05. The van der Waals surface area contributed by atoms with Gasteiger partial charge < -0.3 is 19.4 Å². The SMILES string of the molecule is O=C([O-])[C@@H]1CC2(CC[C@H]1c1cc(F)c(F)cc1F)OCCO2. The van der Waals surface area contributed by atoms with Crippen molar-refractivity contribution in [3.63, 3.8) is 0 Å². The van der Waals surface area contributed by atoms with Crippen molar-refractivity contribution in [2.24, 2.45) is 5.92 Å². The number of carbonyl (C=O) groups is 1. The fraction of sp³-hybridized carbons (Fsp3) is 0.533. The minimum absolute atomic E-state index is 0.00155. The highest BCUT2D eigenvalue weighted by Gasteiger charge is 2.46. The van der Waals surface area contributed by atoms with E-state index in [1.165, 1.54) is 0 Å². The van der Waals surface area contributed by atoms with Crippen molar-refractivity contribution >= 4 is 5.97 Å². The summed E-state index contributed by atoms with van der Waals surface area (Å²) in [5, 5.41) is 11.4. The first kappa shape index (κ1) is 15.3. The van der Waals surface area contributed by atoms with Crippen molar-refractivity contribution in [2.45, 2.75) is 31.0 Å². The Hall–Kier alpha value is -1.60. The molecule has 0 radical (unpaired) electrons. The Morgan fingerprint density at radius 3 is 2.41 bits per heavy atom. The maximum atomic E-state index is 13.9. The summed E-state index contributed by atoms with van der Waals surface area (Å²) >= 11 is 0. The minimum atomic E-state index is -1.38. The van der Waals surface area contributed by atoms with E-state index in [1.807, 2.05) is 0 Å². The van der Waals surface area contributed by atoms with Gasteiger partial charge in [-0.05, 0) is 24.0 Å². The van der Waals surface area contributed by atoms with Crippen molar-refractivity contribution in [1.29, 1.82) is 0 Å². The molecule has 1 aliphatic heterocycles. The van der Waals surface area contributed by atoms with Gasteiger partial charge in [0.2, 0.25) is 0 Å². The van der Waals surface area contributed by atoms with E-state index < -0.39 is 41.0 Å². The number of carboxylic acid groups (broad SMARTS) is 1. The van der Waals surface area contributed by atoms with E-state index in [4.69, 9.17) is 9.47 Å². The summed E-state index contributed by atoms with van der Waals surface area (Å²) in [6, 6.07) is 1.16. The topological polar surface area (TPSA) is 58.6 Å². The standard InChI is InChI=1S/C15H15F3O4/c16-11-6-13(18)12(17)5-9(11)8-1-2-15(21-3-4-22-15)7-10(8)14(19)20/h5-6,8,10H,1-4,7H2,(H,19,20)/p-1/t8-,10+/m0/s1. The van der Waals surface area contributed by atoms with Crippen LogP contribution in [0.3, 0.4) is 0 Å². The van der Waals surface area contributed by atoms with Crippen molar-refractivity contribution in [2.75, 3.05) is 13.2 Å². The van der Waals surface area contributed by atoms with Crippen molar-refractivity contribution in [3.05, 3.63) is 35.1 Å². The first-order valence-corrected chi connectivity index (χ1v) is 7.05. The second-order valence-electron chi connectivity index (χ2n) is 5.67. The van der Waals surface area contributed by atoms with E-state index in [2.05, 4.69) is 0 Å². The van der Waals surface area contributed by atoms with E-state index in [1.54, 1.807) is 0 Å². The zero-order valence-corrected chi connectivity index (χ0v) is 11.6. The van der Waals surface area contributed by atoms with Crippen molar-refractivity contribution in [1.82, 2.24) is 0 Å². The van der Waals surface area contributed by atoms with Crippen LogP contribution in [0.5, 0.6) is 0 Å². The van der Waals surface area contributed by atoms with E-state index in [9.17, 15) is 23.1 Å². The Morgan fingerprint density at radius 2 is 1.77 bits per heavy atom. The summed E-state index contributed by atoms with van der Waals surface area (Å²) < 4.78 is 51.3. The average Bonchev–Trinajstić information content (AvgIpc) is 2.91. The molecular weight excluding hydrogens is 301 g/mol. The number of carboxylic acids is 1. The summed E-state index contributed by atoms with van der Waals surface area (Å²) in [6.07, 6.45) is 0.582. The molecule has 0 N–H and O–H groups in total. The maximum Gasteiger partial charge on any atom is 0.169 e. The lowest BCUT2D eigenvalue weighted by molar-refractivity contribution is -0.318. The number of rotatable bonds is 2. The lowest BCUT2D eigenvalue weighted by atomic mass is 9.72. The summed E-state index contributed by atoms with van der Waals surface area (Å²) in [5.41, 5.74) is -0.152. The number of ether oxygens (including phenoxy) is 2. The van der Waals surface area contributed by atoms with Crippen LogP contribution in [0.15, 0.2) is 12.1 Å². The fourth-order valence-electron chi connectivity index (χ4n) is 3.36. The van der Waals surface area contributed by atoms with Gasteiger partial charge in [-0.3, -0.25) is 0 Å². The van der Waals surface area contributed by atoms with Gasteiger partial charge in [-0.1, -0.05) is 0 Å². The van der Waals surface area contributed by atoms with Crippen LogP contribution in [0.1, 0.15) is 30.7 Å². The molecule has 1 spiro atoms. The number of carbonyl (C=O) groups excluding carboxylic acids is 1. The highest BCUT2D eigenvalue weighted by Crippen LogP contribution is 2.46. The van der Waals surface area contributed by atoms with E-state index >= 15 is 0 Å². The molecule has 2 aliphatic rings. The predicted octanol–water partition coefficient (Wildman–Crippen LogP) is 1.48. The van der Waals surface area contributed by atoms with Gasteiger partial charge >= 0.3 is 0 Å². The van der Waals surface area contributed by atoms with Gasteiger partial charge in [-0.2, -0.15) is 0 Å². The zero-order valence-electron chi connectivity index (χ0n) is 11.6. The molecule has 1 aromatic rings. The Bertz CT molecular complexity index is 599. The molecule has 1 saturated carbocycles. The maximum absolute atomic E-state index is 13.9. The molecule has 7 heteroatoms. The number of hydrogen-bond acceptors (Lipinski definition) is 4. The summed E-state index contributed by atoms with van der Waals surface area (Å²) in [5.74, 6) is -7.74. The predicted molar refractivity (Wildman–Crippen MR) is 66.0 cm³/mol. The minimum Gasteiger partial charge on any atom is -0.550 e. The molecule has 0 bridgehead atoms. The van der Waals surface area contributed by atoms with Crippen molar-refractivity contribution in [3.8, 4) is 0 Å². The van der Waals surface area contributed by atoms with Gasteiger partial charge in [-0.15, -0.1) is 0 Å². The van der Waals surface area contributed by atoms with Crippen LogP contribution in [0, 0.1) is 23.4 Å². The fourth-order valence-corrected chi connectivity index (χ4v) is 3.36. The van der Waals surface area contributed by atoms with Crippen LogP contribution in [0.4, 0.5) is 13.2 Å². The molecule has 0 amide bonds. The Balaban J connectivity index is 1.93. The summed E-state index contributed by atoms with van der Waals surface area (Å²) in [7, 11) is 0. The van der Waals surface area contributed by atoms with Crippen LogP contribution < -0.4 is 5.11 Å². The third-order valence-electron chi connectivity index (χ3n) is 4.41. The van der Waals surface area contributed by atoms with Gasteiger partial charge in [0.1, 0.15) is 5.82 Å².